The minimum absolute atomic E-state index is 0.561. The monoisotopic (exact) mass is 450 g/mol. The fourth-order valence-electron chi connectivity index (χ4n) is 3.32. The first-order chi connectivity index (χ1) is 15.3. The number of oxazole rings is 1. The van der Waals surface area contributed by atoms with E-state index in [1.165, 1.54) is 0 Å². The first-order valence-electron chi connectivity index (χ1n) is 9.95. The average molecular weight is 451 g/mol. The van der Waals surface area contributed by atoms with E-state index in [9.17, 15) is 0 Å². The molecule has 8 heteroatoms. The highest BCUT2D eigenvalue weighted by Crippen LogP contribution is 2.27. The molecule has 0 atom stereocenters. The summed E-state index contributed by atoms with van der Waals surface area (Å²) in [5.41, 5.74) is 2.69. The number of para-hydroxylation sites is 2. The molecule has 5 rings (SSSR count). The van der Waals surface area contributed by atoms with E-state index in [1.54, 1.807) is 18.0 Å². The summed E-state index contributed by atoms with van der Waals surface area (Å²) >= 11 is 7.71. The summed E-state index contributed by atoms with van der Waals surface area (Å²) in [5.74, 6) is 3.27. The highest BCUT2D eigenvalue weighted by molar-refractivity contribution is 7.99. The van der Waals surface area contributed by atoms with Crippen molar-refractivity contribution in [3.8, 4) is 11.4 Å². The van der Waals surface area contributed by atoms with Gasteiger partial charge in [-0.2, -0.15) is 0 Å². The van der Waals surface area contributed by atoms with E-state index < -0.39 is 0 Å². The second kappa shape index (κ2) is 8.99. The van der Waals surface area contributed by atoms with Gasteiger partial charge in [0.15, 0.2) is 22.5 Å². The maximum Gasteiger partial charge on any atom is 0.195 e. The third kappa shape index (κ3) is 4.52. The zero-order valence-electron chi connectivity index (χ0n) is 16.6. The second-order valence-corrected chi connectivity index (χ2v) is 8.50. The number of hydrogen-bond donors (Lipinski definition) is 0. The van der Waals surface area contributed by atoms with E-state index in [2.05, 4.69) is 19.7 Å². The number of aryl methyl sites for hydroxylation is 1. The van der Waals surface area contributed by atoms with E-state index in [0.717, 1.165) is 57.9 Å². The molecule has 31 heavy (non-hydrogen) atoms. The van der Waals surface area contributed by atoms with Crippen LogP contribution in [0.4, 0.5) is 0 Å². The van der Waals surface area contributed by atoms with Crippen LogP contribution in [0.15, 0.2) is 80.9 Å². The van der Waals surface area contributed by atoms with E-state index in [-0.39, 0.29) is 0 Å². The van der Waals surface area contributed by atoms with Gasteiger partial charge >= 0.3 is 0 Å². The molecule has 0 fully saturated rings. The molecule has 0 aliphatic carbocycles. The molecule has 0 saturated carbocycles. The van der Waals surface area contributed by atoms with Crippen LogP contribution in [0, 0.1) is 0 Å². The van der Waals surface area contributed by atoms with E-state index in [4.69, 9.17) is 20.4 Å². The number of halogens is 1. The Balaban J connectivity index is 1.30. The van der Waals surface area contributed by atoms with E-state index in [0.29, 0.717) is 11.6 Å². The third-order valence-corrected chi connectivity index (χ3v) is 6.12. The Hall–Kier alpha value is -3.03. The standard InChI is InChI=1S/C23H19ClN4O2S/c24-17-11-9-16(10-12-17)22-26-27-23(28(22)15-18-5-3-13-29-18)31-14-4-8-21-25-19-6-1-2-7-20(19)30-21/h1-3,5-7,9-13H,4,8,14-15H2. The van der Waals surface area contributed by atoms with Gasteiger partial charge in [-0.3, -0.25) is 4.57 Å². The first-order valence-corrected chi connectivity index (χ1v) is 11.3. The summed E-state index contributed by atoms with van der Waals surface area (Å²) in [6.07, 6.45) is 3.37. The SMILES string of the molecule is Clc1ccc(-c2nnc(SCCCc3nc4ccccc4o3)n2Cc2ccco2)cc1. The van der Waals surface area contributed by atoms with Gasteiger partial charge < -0.3 is 8.83 Å². The van der Waals surface area contributed by atoms with Gasteiger partial charge in [0.25, 0.3) is 0 Å². The number of nitrogens with zero attached hydrogens (tertiary/aromatic N) is 4. The van der Waals surface area contributed by atoms with Crippen LogP contribution in [0.25, 0.3) is 22.5 Å². The minimum atomic E-state index is 0.561. The maximum absolute atomic E-state index is 6.05. The number of hydrogen-bond acceptors (Lipinski definition) is 6. The predicted molar refractivity (Wildman–Crippen MR) is 121 cm³/mol. The van der Waals surface area contributed by atoms with Gasteiger partial charge in [-0.25, -0.2) is 4.98 Å². The Morgan fingerprint density at radius 1 is 0.968 bits per heavy atom. The molecule has 3 heterocycles. The zero-order chi connectivity index (χ0) is 21.0. The van der Waals surface area contributed by atoms with Gasteiger partial charge in [0, 0.05) is 22.8 Å². The number of fused-ring (bicyclic) bond motifs is 1. The lowest BCUT2D eigenvalue weighted by Crippen LogP contribution is -2.04. The van der Waals surface area contributed by atoms with Gasteiger partial charge in [-0.15, -0.1) is 10.2 Å². The molecule has 0 radical (unpaired) electrons. The molecule has 5 aromatic rings. The first kappa shape index (κ1) is 19.9. The van der Waals surface area contributed by atoms with Crippen LogP contribution in [0.2, 0.25) is 5.02 Å². The van der Waals surface area contributed by atoms with Crippen LogP contribution in [-0.4, -0.2) is 25.5 Å². The average Bonchev–Trinajstić information content (AvgIpc) is 3.52. The molecule has 2 aromatic carbocycles. The summed E-state index contributed by atoms with van der Waals surface area (Å²) < 4.78 is 13.4. The number of thioether (sulfide) groups is 1. The van der Waals surface area contributed by atoms with Gasteiger partial charge in [0.1, 0.15) is 11.3 Å². The molecule has 0 bridgehead atoms. The number of benzene rings is 2. The molecule has 0 aliphatic rings. The van der Waals surface area contributed by atoms with Crippen molar-refractivity contribution < 1.29 is 8.83 Å². The smallest absolute Gasteiger partial charge is 0.195 e. The molecule has 0 saturated heterocycles. The maximum atomic E-state index is 6.05. The Kier molecular flexibility index (Phi) is 5.78. The Bertz CT molecular complexity index is 1250. The van der Waals surface area contributed by atoms with Crippen molar-refractivity contribution in [2.24, 2.45) is 0 Å². The normalized spacial score (nSPS) is 11.4. The Morgan fingerprint density at radius 2 is 1.84 bits per heavy atom. The predicted octanol–water partition coefficient (Wildman–Crippen LogP) is 6.11. The fourth-order valence-corrected chi connectivity index (χ4v) is 4.33. The molecule has 0 aliphatic heterocycles. The van der Waals surface area contributed by atoms with Crippen molar-refractivity contribution in [1.29, 1.82) is 0 Å². The summed E-state index contributed by atoms with van der Waals surface area (Å²) in [4.78, 5) is 4.54. The Labute approximate surface area is 188 Å². The van der Waals surface area contributed by atoms with Crippen LogP contribution in [-0.2, 0) is 13.0 Å². The topological polar surface area (TPSA) is 69.9 Å². The van der Waals surface area contributed by atoms with Crippen molar-refractivity contribution in [2.75, 3.05) is 5.75 Å². The van der Waals surface area contributed by atoms with Gasteiger partial charge in [-0.05, 0) is 55.0 Å². The van der Waals surface area contributed by atoms with Crippen LogP contribution in [0.3, 0.4) is 0 Å². The lowest BCUT2D eigenvalue weighted by Gasteiger charge is -2.09. The highest BCUT2D eigenvalue weighted by Gasteiger charge is 2.16. The minimum Gasteiger partial charge on any atom is -0.467 e. The summed E-state index contributed by atoms with van der Waals surface area (Å²) in [5, 5.41) is 10.4. The second-order valence-electron chi connectivity index (χ2n) is 7.01. The van der Waals surface area contributed by atoms with Gasteiger partial charge in [0.2, 0.25) is 0 Å². The van der Waals surface area contributed by atoms with Crippen molar-refractivity contribution >= 4 is 34.5 Å². The lowest BCUT2D eigenvalue weighted by molar-refractivity contribution is 0.485. The largest absolute Gasteiger partial charge is 0.467 e. The van der Waals surface area contributed by atoms with Crippen molar-refractivity contribution in [1.82, 2.24) is 19.7 Å². The molecule has 6 nitrogen and oxygen atoms in total. The molecule has 156 valence electrons. The summed E-state index contributed by atoms with van der Waals surface area (Å²) in [6, 6.07) is 19.3. The molecule has 3 aromatic heterocycles. The molecular formula is C23H19ClN4O2S. The molecule has 0 unspecified atom stereocenters. The Morgan fingerprint density at radius 3 is 2.65 bits per heavy atom. The van der Waals surface area contributed by atoms with Crippen molar-refractivity contribution in [3.63, 3.8) is 0 Å². The van der Waals surface area contributed by atoms with Gasteiger partial charge in [0.05, 0.1) is 12.8 Å². The zero-order valence-corrected chi connectivity index (χ0v) is 18.1. The van der Waals surface area contributed by atoms with Crippen LogP contribution in [0.5, 0.6) is 0 Å². The summed E-state index contributed by atoms with van der Waals surface area (Å²) in [6.45, 7) is 0.561. The van der Waals surface area contributed by atoms with Crippen LogP contribution >= 0.6 is 23.4 Å². The quantitative estimate of drug-likeness (QED) is 0.210. The lowest BCUT2D eigenvalue weighted by atomic mass is 10.2. The van der Waals surface area contributed by atoms with E-state index in [1.807, 2.05) is 60.7 Å². The fraction of sp³-hybridized carbons (Fsp3) is 0.174. The van der Waals surface area contributed by atoms with E-state index >= 15 is 0 Å². The van der Waals surface area contributed by atoms with Crippen molar-refractivity contribution in [2.45, 2.75) is 24.5 Å². The van der Waals surface area contributed by atoms with Crippen molar-refractivity contribution in [3.05, 3.63) is 83.6 Å². The number of aromatic nitrogens is 4. The third-order valence-electron chi connectivity index (χ3n) is 4.82. The molecular weight excluding hydrogens is 432 g/mol. The number of rotatable bonds is 8. The van der Waals surface area contributed by atoms with Crippen LogP contribution in [0.1, 0.15) is 18.1 Å². The summed E-state index contributed by atoms with van der Waals surface area (Å²) in [7, 11) is 0. The van der Waals surface area contributed by atoms with Crippen LogP contribution < -0.4 is 0 Å². The molecule has 0 spiro atoms. The van der Waals surface area contributed by atoms with Gasteiger partial charge in [-0.1, -0.05) is 35.5 Å². The molecule has 0 N–H and O–H groups in total. The number of furan rings is 1. The highest BCUT2D eigenvalue weighted by atomic mass is 35.5. The molecule has 0 amide bonds.